The number of anilines is 1. The Bertz CT molecular complexity index is 1620. The predicted octanol–water partition coefficient (Wildman–Crippen LogP) is 5.66. The molecule has 8 nitrogen and oxygen atoms in total. The number of hydrogen-bond acceptors (Lipinski definition) is 7. The molecule has 1 aromatic heterocycles. The number of benzene rings is 2. The number of aromatic nitrogens is 1. The quantitative estimate of drug-likeness (QED) is 0.331. The van der Waals surface area contributed by atoms with Gasteiger partial charge in [0, 0.05) is 80.3 Å². The SMILES string of the molecule is CCN1CCN(Cc2ccc(C(=O)C[C@H]3[C@@H]4Oc5ccc(Oc6ccnc7c6CCC(=O)N7)cc5[C@H]34)cc2C(F)(F)F)CC1. The van der Waals surface area contributed by atoms with Crippen molar-refractivity contribution in [3.63, 3.8) is 0 Å². The van der Waals surface area contributed by atoms with Crippen molar-refractivity contribution in [3.05, 3.63) is 76.5 Å². The van der Waals surface area contributed by atoms with Crippen molar-refractivity contribution in [2.24, 2.45) is 5.92 Å². The third-order valence-electron chi connectivity index (χ3n) is 9.26. The Morgan fingerprint density at radius 1 is 1.07 bits per heavy atom. The maximum atomic E-state index is 14.1. The summed E-state index contributed by atoms with van der Waals surface area (Å²) in [5.41, 5.74) is 1.30. The molecule has 230 valence electrons. The van der Waals surface area contributed by atoms with Crippen molar-refractivity contribution in [1.29, 1.82) is 0 Å². The van der Waals surface area contributed by atoms with Crippen molar-refractivity contribution in [1.82, 2.24) is 14.8 Å². The average Bonchev–Trinajstić information content (AvgIpc) is 3.53. The molecule has 1 aliphatic carbocycles. The number of rotatable bonds is 8. The second-order valence-electron chi connectivity index (χ2n) is 12.0. The third kappa shape index (κ3) is 5.54. The van der Waals surface area contributed by atoms with E-state index < -0.39 is 11.7 Å². The van der Waals surface area contributed by atoms with Gasteiger partial charge in [-0.05, 0) is 48.9 Å². The van der Waals surface area contributed by atoms with Gasteiger partial charge in [0.15, 0.2) is 5.78 Å². The van der Waals surface area contributed by atoms with Gasteiger partial charge >= 0.3 is 6.18 Å². The Morgan fingerprint density at radius 3 is 2.64 bits per heavy atom. The van der Waals surface area contributed by atoms with Crippen molar-refractivity contribution >= 4 is 17.5 Å². The summed E-state index contributed by atoms with van der Waals surface area (Å²) in [6.07, 6.45) is -2.16. The van der Waals surface area contributed by atoms with E-state index in [2.05, 4.69) is 22.1 Å². The van der Waals surface area contributed by atoms with Crippen molar-refractivity contribution in [2.75, 3.05) is 38.0 Å². The summed E-state index contributed by atoms with van der Waals surface area (Å²) in [4.78, 5) is 33.6. The monoisotopic (exact) mass is 606 g/mol. The van der Waals surface area contributed by atoms with Crippen LogP contribution >= 0.6 is 0 Å². The number of alkyl halides is 3. The van der Waals surface area contributed by atoms with Gasteiger partial charge in [-0.25, -0.2) is 4.98 Å². The van der Waals surface area contributed by atoms with Crippen LogP contribution in [0, 0.1) is 5.92 Å². The van der Waals surface area contributed by atoms with Crippen molar-refractivity contribution < 1.29 is 32.2 Å². The fourth-order valence-electron chi connectivity index (χ4n) is 6.73. The summed E-state index contributed by atoms with van der Waals surface area (Å²) < 4.78 is 54.6. The predicted molar refractivity (Wildman–Crippen MR) is 156 cm³/mol. The highest BCUT2D eigenvalue weighted by Gasteiger charge is 2.59. The molecule has 7 rings (SSSR count). The van der Waals surface area contributed by atoms with Gasteiger partial charge in [0.1, 0.15) is 29.2 Å². The lowest BCUT2D eigenvalue weighted by atomic mass is 9.97. The first-order valence-electron chi connectivity index (χ1n) is 15.1. The van der Waals surface area contributed by atoms with Crippen LogP contribution in [0.2, 0.25) is 0 Å². The summed E-state index contributed by atoms with van der Waals surface area (Å²) in [6, 6.07) is 11.3. The second kappa shape index (κ2) is 11.2. The molecule has 0 spiro atoms. The number of Topliss-reactive ketones (excluding diaryl/α,β-unsaturated/α-hetero) is 1. The first-order chi connectivity index (χ1) is 21.2. The van der Waals surface area contributed by atoms with E-state index in [1.54, 1.807) is 12.3 Å². The maximum Gasteiger partial charge on any atom is 0.416 e. The molecule has 11 heteroatoms. The maximum absolute atomic E-state index is 14.1. The minimum atomic E-state index is -4.55. The molecule has 4 heterocycles. The lowest BCUT2D eigenvalue weighted by Crippen LogP contribution is -2.45. The Balaban J connectivity index is 1.03. The molecule has 0 bridgehead atoms. The van der Waals surface area contributed by atoms with Crippen molar-refractivity contribution in [3.8, 4) is 17.2 Å². The number of fused-ring (bicyclic) bond motifs is 4. The Kier molecular flexibility index (Phi) is 7.32. The Labute approximate surface area is 253 Å². The van der Waals surface area contributed by atoms with E-state index in [0.29, 0.717) is 43.2 Å². The fourth-order valence-corrected chi connectivity index (χ4v) is 6.73. The van der Waals surface area contributed by atoms with E-state index >= 15 is 0 Å². The van der Waals surface area contributed by atoms with Crippen LogP contribution in [0.15, 0.2) is 48.7 Å². The molecule has 4 aliphatic rings. The highest BCUT2D eigenvalue weighted by atomic mass is 19.4. The second-order valence-corrected chi connectivity index (χ2v) is 12.0. The summed E-state index contributed by atoms with van der Waals surface area (Å²) in [6.45, 7) is 6.32. The van der Waals surface area contributed by atoms with Gasteiger partial charge in [-0.1, -0.05) is 19.1 Å². The average molecular weight is 607 g/mol. The number of nitrogens with zero attached hydrogens (tertiary/aromatic N) is 3. The van der Waals surface area contributed by atoms with Crippen LogP contribution in [0.4, 0.5) is 19.0 Å². The minimum Gasteiger partial charge on any atom is -0.489 e. The topological polar surface area (TPSA) is 84.0 Å². The molecule has 3 aromatic rings. The molecule has 1 N–H and O–H groups in total. The van der Waals surface area contributed by atoms with Crippen LogP contribution in [0.3, 0.4) is 0 Å². The molecule has 1 saturated heterocycles. The largest absolute Gasteiger partial charge is 0.489 e. The lowest BCUT2D eigenvalue weighted by molar-refractivity contribution is -0.138. The Hall–Kier alpha value is -3.96. The highest BCUT2D eigenvalue weighted by Crippen LogP contribution is 2.60. The molecule has 2 aromatic carbocycles. The van der Waals surface area contributed by atoms with Gasteiger partial charge in [0.2, 0.25) is 5.91 Å². The first kappa shape index (κ1) is 28.8. The van der Waals surface area contributed by atoms with Crippen LogP contribution in [-0.4, -0.2) is 65.3 Å². The number of pyridine rings is 1. The van der Waals surface area contributed by atoms with Crippen LogP contribution in [0.1, 0.15) is 58.3 Å². The van der Waals surface area contributed by atoms with Gasteiger partial charge in [-0.3, -0.25) is 14.5 Å². The standard InChI is InChI=1S/C33H33F3N4O4/c1-2-39-11-13-40(14-12-39)18-20-4-3-19(15-25(20)33(34,35)36)26(41)17-24-30-23-16-21(5-7-27(23)44-31(24)30)43-28-9-10-37-32-22(28)6-8-29(42)38-32/h3-5,7,9-10,15-16,24,30-31H,2,6,8,11-14,17-18H2,1H3,(H,37,38,42)/t24-,30-,31+/m1/s1. The van der Waals surface area contributed by atoms with Gasteiger partial charge < -0.3 is 19.7 Å². The van der Waals surface area contributed by atoms with Gasteiger partial charge in [-0.15, -0.1) is 0 Å². The third-order valence-corrected chi connectivity index (χ3v) is 9.26. The van der Waals surface area contributed by atoms with E-state index in [9.17, 15) is 22.8 Å². The van der Waals surface area contributed by atoms with Gasteiger partial charge in [-0.2, -0.15) is 13.2 Å². The van der Waals surface area contributed by atoms with Crippen LogP contribution < -0.4 is 14.8 Å². The van der Waals surface area contributed by atoms with E-state index in [0.717, 1.165) is 42.6 Å². The number of carbonyl (C=O) groups is 2. The number of hydrogen-bond donors (Lipinski definition) is 1. The van der Waals surface area contributed by atoms with Crippen molar-refractivity contribution in [2.45, 2.75) is 50.9 Å². The van der Waals surface area contributed by atoms with Gasteiger partial charge in [0.05, 0.1) is 5.56 Å². The number of amides is 1. The number of piperazine rings is 1. The molecule has 1 saturated carbocycles. The molecule has 44 heavy (non-hydrogen) atoms. The van der Waals surface area contributed by atoms with E-state index in [1.807, 2.05) is 23.1 Å². The highest BCUT2D eigenvalue weighted by molar-refractivity contribution is 5.97. The summed E-state index contributed by atoms with van der Waals surface area (Å²) in [7, 11) is 0. The fraction of sp³-hybridized carbons (Fsp3) is 0.424. The van der Waals surface area contributed by atoms with Crippen LogP contribution in [-0.2, 0) is 23.9 Å². The summed E-state index contributed by atoms with van der Waals surface area (Å²) in [5.74, 6) is 1.90. The zero-order valence-corrected chi connectivity index (χ0v) is 24.3. The molecular formula is C33H33F3N4O4. The van der Waals surface area contributed by atoms with E-state index in [-0.39, 0.29) is 53.7 Å². The number of ketones is 1. The normalized spacial score (nSPS) is 22.8. The molecule has 2 fully saturated rings. The van der Waals surface area contributed by atoms with E-state index in [1.165, 1.54) is 12.1 Å². The molecule has 0 unspecified atom stereocenters. The minimum absolute atomic E-state index is 0.0220. The number of likely N-dealkylation sites (N-methyl/N-ethyl adjacent to an activating group) is 1. The number of nitrogens with one attached hydrogen (secondary N) is 1. The number of ether oxygens (including phenoxy) is 2. The zero-order valence-electron chi connectivity index (χ0n) is 24.3. The number of halogens is 3. The molecule has 3 aliphatic heterocycles. The molecular weight excluding hydrogens is 573 g/mol. The van der Waals surface area contributed by atoms with E-state index in [4.69, 9.17) is 9.47 Å². The number of carbonyl (C=O) groups excluding carboxylic acids is 2. The van der Waals surface area contributed by atoms with Gasteiger partial charge in [0.25, 0.3) is 0 Å². The smallest absolute Gasteiger partial charge is 0.416 e. The van der Waals surface area contributed by atoms with Crippen LogP contribution in [0.5, 0.6) is 17.2 Å². The summed E-state index contributed by atoms with van der Waals surface area (Å²) >= 11 is 0. The molecule has 0 radical (unpaired) electrons. The zero-order chi connectivity index (χ0) is 30.6. The lowest BCUT2D eigenvalue weighted by Gasteiger charge is -2.34. The molecule has 3 atom stereocenters. The molecule has 1 amide bonds. The first-order valence-corrected chi connectivity index (χ1v) is 15.1. The Morgan fingerprint density at radius 2 is 1.86 bits per heavy atom. The van der Waals surface area contributed by atoms with Crippen LogP contribution in [0.25, 0.3) is 0 Å². The summed E-state index contributed by atoms with van der Waals surface area (Å²) in [5, 5.41) is 2.77.